The lowest BCUT2D eigenvalue weighted by Gasteiger charge is -2.12. The molecule has 0 aliphatic carbocycles. The van der Waals surface area contributed by atoms with Crippen LogP contribution in [0.3, 0.4) is 0 Å². The molecule has 2 aromatic rings. The van der Waals surface area contributed by atoms with E-state index < -0.39 is 5.97 Å². The van der Waals surface area contributed by atoms with Crippen LogP contribution in [0.4, 0.5) is 0 Å². The SMILES string of the molecule is C/C=C/c1ccc(OCC(=O)OCCOc2ccc(Cl)cc2Cl)c(OC)c1. The maximum absolute atomic E-state index is 11.8. The van der Waals surface area contributed by atoms with Gasteiger partial charge in [0.25, 0.3) is 0 Å². The standard InChI is InChI=1S/C20H20Cl2O5/c1-3-4-14-5-7-18(19(11-14)24-2)27-13-20(23)26-10-9-25-17-8-6-15(21)12-16(17)22/h3-8,11-12H,9-10,13H2,1-2H3/b4-3+. The van der Waals surface area contributed by atoms with Gasteiger partial charge in [-0.1, -0.05) is 41.4 Å². The average Bonchev–Trinajstić information content (AvgIpc) is 2.65. The molecule has 2 rings (SSSR count). The van der Waals surface area contributed by atoms with Crippen LogP contribution < -0.4 is 14.2 Å². The van der Waals surface area contributed by atoms with Gasteiger partial charge in [0.1, 0.15) is 19.0 Å². The minimum absolute atomic E-state index is 0.0680. The van der Waals surface area contributed by atoms with E-state index in [1.165, 1.54) is 0 Å². The fraction of sp³-hybridized carbons (Fsp3) is 0.250. The van der Waals surface area contributed by atoms with Crippen LogP contribution in [0.2, 0.25) is 10.0 Å². The second-order valence-corrected chi connectivity index (χ2v) is 6.19. The van der Waals surface area contributed by atoms with Crippen LogP contribution in [-0.4, -0.2) is 32.9 Å². The molecular formula is C20H20Cl2O5. The predicted molar refractivity (Wildman–Crippen MR) is 106 cm³/mol. The number of hydrogen-bond donors (Lipinski definition) is 0. The highest BCUT2D eigenvalue weighted by Crippen LogP contribution is 2.29. The molecule has 0 aliphatic rings. The minimum Gasteiger partial charge on any atom is -0.493 e. The molecule has 0 saturated heterocycles. The number of methoxy groups -OCH3 is 1. The molecule has 0 atom stereocenters. The van der Waals surface area contributed by atoms with E-state index in [9.17, 15) is 4.79 Å². The van der Waals surface area contributed by atoms with Gasteiger partial charge in [-0.05, 0) is 42.8 Å². The normalized spacial score (nSPS) is 10.7. The number of ether oxygens (including phenoxy) is 4. The maximum atomic E-state index is 11.8. The third kappa shape index (κ3) is 6.70. The lowest BCUT2D eigenvalue weighted by Crippen LogP contribution is -2.18. The highest BCUT2D eigenvalue weighted by molar-refractivity contribution is 6.35. The number of halogens is 2. The van der Waals surface area contributed by atoms with Crippen molar-refractivity contribution < 1.29 is 23.7 Å². The van der Waals surface area contributed by atoms with Crippen LogP contribution in [0, 0.1) is 0 Å². The molecule has 0 N–H and O–H groups in total. The zero-order valence-electron chi connectivity index (χ0n) is 15.0. The Kier molecular flexibility index (Phi) is 8.30. The lowest BCUT2D eigenvalue weighted by molar-refractivity contribution is -0.146. The highest BCUT2D eigenvalue weighted by Gasteiger charge is 2.09. The summed E-state index contributed by atoms with van der Waals surface area (Å²) < 4.78 is 21.3. The van der Waals surface area contributed by atoms with E-state index >= 15 is 0 Å². The van der Waals surface area contributed by atoms with Crippen LogP contribution >= 0.6 is 23.2 Å². The van der Waals surface area contributed by atoms with E-state index in [1.807, 2.05) is 31.2 Å². The summed E-state index contributed by atoms with van der Waals surface area (Å²) in [6.45, 7) is 1.92. The third-order valence-electron chi connectivity index (χ3n) is 3.39. The first-order valence-electron chi connectivity index (χ1n) is 8.20. The molecule has 0 aliphatic heterocycles. The monoisotopic (exact) mass is 410 g/mol. The van der Waals surface area contributed by atoms with Gasteiger partial charge in [-0.3, -0.25) is 0 Å². The van der Waals surface area contributed by atoms with E-state index in [0.29, 0.717) is 27.3 Å². The molecule has 27 heavy (non-hydrogen) atoms. The van der Waals surface area contributed by atoms with Crippen LogP contribution in [0.25, 0.3) is 6.08 Å². The molecule has 7 heteroatoms. The van der Waals surface area contributed by atoms with Crippen molar-refractivity contribution in [2.24, 2.45) is 0 Å². The topological polar surface area (TPSA) is 54.0 Å². The van der Waals surface area contributed by atoms with Crippen LogP contribution in [0.15, 0.2) is 42.5 Å². The van der Waals surface area contributed by atoms with E-state index in [0.717, 1.165) is 5.56 Å². The molecule has 0 fully saturated rings. The fourth-order valence-corrected chi connectivity index (χ4v) is 2.64. The largest absolute Gasteiger partial charge is 0.493 e. The first-order valence-corrected chi connectivity index (χ1v) is 8.96. The molecule has 0 heterocycles. The molecule has 144 valence electrons. The Bertz CT molecular complexity index is 805. The van der Waals surface area contributed by atoms with Crippen molar-refractivity contribution in [3.8, 4) is 17.2 Å². The van der Waals surface area contributed by atoms with Gasteiger partial charge in [-0.15, -0.1) is 0 Å². The Hall–Kier alpha value is -2.37. The molecule has 0 saturated carbocycles. The van der Waals surface area contributed by atoms with Crippen LogP contribution in [-0.2, 0) is 9.53 Å². The first kappa shape index (κ1) is 20.9. The van der Waals surface area contributed by atoms with E-state index in [2.05, 4.69) is 0 Å². The van der Waals surface area contributed by atoms with Crippen molar-refractivity contribution in [3.63, 3.8) is 0 Å². The predicted octanol–water partition coefficient (Wildman–Crippen LogP) is 5.04. The van der Waals surface area contributed by atoms with Gasteiger partial charge in [-0.2, -0.15) is 0 Å². The van der Waals surface area contributed by atoms with Crippen molar-refractivity contribution in [3.05, 3.63) is 58.1 Å². The Labute approximate surface area is 168 Å². The van der Waals surface area contributed by atoms with Crippen LogP contribution in [0.1, 0.15) is 12.5 Å². The fourth-order valence-electron chi connectivity index (χ4n) is 2.18. The Morgan fingerprint density at radius 1 is 1.00 bits per heavy atom. The van der Waals surface area contributed by atoms with Crippen molar-refractivity contribution >= 4 is 35.2 Å². The Morgan fingerprint density at radius 2 is 1.78 bits per heavy atom. The van der Waals surface area contributed by atoms with Gasteiger partial charge in [0.15, 0.2) is 18.1 Å². The first-order chi connectivity index (χ1) is 13.0. The maximum Gasteiger partial charge on any atom is 0.344 e. The average molecular weight is 411 g/mol. The molecule has 5 nitrogen and oxygen atoms in total. The van der Waals surface area contributed by atoms with Gasteiger partial charge in [-0.25, -0.2) is 4.79 Å². The highest BCUT2D eigenvalue weighted by atomic mass is 35.5. The summed E-state index contributed by atoms with van der Waals surface area (Å²) in [7, 11) is 1.54. The number of benzene rings is 2. The minimum atomic E-state index is -0.514. The second kappa shape index (κ2) is 10.7. The molecule has 0 aromatic heterocycles. The molecule has 0 unspecified atom stereocenters. The zero-order chi connectivity index (χ0) is 19.6. The number of allylic oxidation sites excluding steroid dienone is 1. The van der Waals surface area contributed by atoms with E-state index in [-0.39, 0.29) is 19.8 Å². The zero-order valence-corrected chi connectivity index (χ0v) is 16.5. The smallest absolute Gasteiger partial charge is 0.344 e. The molecule has 0 amide bonds. The van der Waals surface area contributed by atoms with Crippen molar-refractivity contribution in [1.82, 2.24) is 0 Å². The van der Waals surface area contributed by atoms with Gasteiger partial charge in [0.05, 0.1) is 12.1 Å². The molecule has 0 radical (unpaired) electrons. The molecule has 0 bridgehead atoms. The summed E-state index contributed by atoms with van der Waals surface area (Å²) in [4.78, 5) is 11.8. The van der Waals surface area contributed by atoms with Gasteiger partial charge < -0.3 is 18.9 Å². The summed E-state index contributed by atoms with van der Waals surface area (Å²) in [5, 5.41) is 0.913. The Balaban J connectivity index is 1.76. The van der Waals surface area contributed by atoms with Gasteiger partial charge in [0, 0.05) is 5.02 Å². The summed E-state index contributed by atoms with van der Waals surface area (Å²) in [5.74, 6) is 0.964. The van der Waals surface area contributed by atoms with Gasteiger partial charge in [0.2, 0.25) is 0 Å². The van der Waals surface area contributed by atoms with Crippen molar-refractivity contribution in [2.45, 2.75) is 6.92 Å². The number of carbonyl (C=O) groups is 1. The summed E-state index contributed by atoms with van der Waals surface area (Å²) in [5.41, 5.74) is 0.974. The van der Waals surface area contributed by atoms with Crippen molar-refractivity contribution in [2.75, 3.05) is 26.9 Å². The number of rotatable bonds is 9. The van der Waals surface area contributed by atoms with Crippen molar-refractivity contribution in [1.29, 1.82) is 0 Å². The number of carbonyl (C=O) groups excluding carboxylic acids is 1. The van der Waals surface area contributed by atoms with Gasteiger partial charge >= 0.3 is 5.97 Å². The number of esters is 1. The quantitative estimate of drug-likeness (QED) is 0.428. The molecular weight excluding hydrogens is 391 g/mol. The second-order valence-electron chi connectivity index (χ2n) is 5.34. The van der Waals surface area contributed by atoms with E-state index in [4.69, 9.17) is 42.1 Å². The van der Waals surface area contributed by atoms with Crippen LogP contribution in [0.5, 0.6) is 17.2 Å². The summed E-state index contributed by atoms with van der Waals surface area (Å²) >= 11 is 11.8. The summed E-state index contributed by atoms with van der Waals surface area (Å²) in [6.07, 6.45) is 3.86. The summed E-state index contributed by atoms with van der Waals surface area (Å²) in [6, 6.07) is 10.3. The number of hydrogen-bond acceptors (Lipinski definition) is 5. The lowest BCUT2D eigenvalue weighted by atomic mass is 10.2. The molecule has 2 aromatic carbocycles. The Morgan fingerprint density at radius 3 is 2.48 bits per heavy atom. The third-order valence-corrected chi connectivity index (χ3v) is 3.92. The molecule has 0 spiro atoms. The van der Waals surface area contributed by atoms with E-state index in [1.54, 1.807) is 31.4 Å².